The first kappa shape index (κ1) is 11.3. The highest BCUT2D eigenvalue weighted by molar-refractivity contribution is 7.99. The van der Waals surface area contributed by atoms with E-state index in [1.54, 1.807) is 0 Å². The lowest BCUT2D eigenvalue weighted by Gasteiger charge is -2.22. The second-order valence-electron chi connectivity index (χ2n) is 4.56. The molecule has 3 rings (SSSR count). The van der Waals surface area contributed by atoms with Gasteiger partial charge in [0.25, 0.3) is 0 Å². The summed E-state index contributed by atoms with van der Waals surface area (Å²) in [6, 6.07) is 10.5. The number of benzene rings is 1. The van der Waals surface area contributed by atoms with Gasteiger partial charge in [-0.2, -0.15) is 11.8 Å². The smallest absolute Gasteiger partial charge is 0.0888 e. The van der Waals surface area contributed by atoms with E-state index < -0.39 is 0 Å². The Morgan fingerprint density at radius 2 is 1.88 bits per heavy atom. The van der Waals surface area contributed by atoms with Crippen molar-refractivity contribution in [2.45, 2.75) is 23.2 Å². The molecule has 1 aromatic carbocycles. The highest BCUT2D eigenvalue weighted by atomic mass is 32.2. The SMILES string of the molecule is OC[C@@H]1[C@H](SCc2ccccc2)[C@@H]2C=C[C@H]1O2. The molecule has 4 atom stereocenters. The molecule has 0 aliphatic carbocycles. The lowest BCUT2D eigenvalue weighted by Crippen LogP contribution is -2.29. The van der Waals surface area contributed by atoms with Crippen LogP contribution in [0.15, 0.2) is 42.5 Å². The van der Waals surface area contributed by atoms with Gasteiger partial charge in [-0.1, -0.05) is 42.5 Å². The van der Waals surface area contributed by atoms with E-state index in [4.69, 9.17) is 4.74 Å². The zero-order valence-corrected chi connectivity index (χ0v) is 10.3. The minimum Gasteiger partial charge on any atom is -0.396 e. The van der Waals surface area contributed by atoms with Crippen LogP contribution < -0.4 is 0 Å². The van der Waals surface area contributed by atoms with Gasteiger partial charge in [0, 0.05) is 23.5 Å². The summed E-state index contributed by atoms with van der Waals surface area (Å²) in [6.45, 7) is 0.220. The van der Waals surface area contributed by atoms with Crippen molar-refractivity contribution in [3.8, 4) is 0 Å². The summed E-state index contributed by atoms with van der Waals surface area (Å²) in [5.74, 6) is 1.25. The predicted octanol–water partition coefficient (Wildman–Crippen LogP) is 2.23. The van der Waals surface area contributed by atoms with Crippen molar-refractivity contribution in [2.75, 3.05) is 6.61 Å². The number of rotatable bonds is 4. The average Bonchev–Trinajstić information content (AvgIpc) is 2.97. The fourth-order valence-electron chi connectivity index (χ4n) is 2.55. The third-order valence-electron chi connectivity index (χ3n) is 3.47. The minimum atomic E-state index is 0.137. The number of fused-ring (bicyclic) bond motifs is 2. The number of aliphatic hydroxyl groups is 1. The maximum absolute atomic E-state index is 9.43. The fourth-order valence-corrected chi connectivity index (χ4v) is 3.96. The van der Waals surface area contributed by atoms with E-state index in [0.717, 1.165) is 5.75 Å². The molecule has 0 aromatic heterocycles. The Hall–Kier alpha value is -0.770. The summed E-state index contributed by atoms with van der Waals surface area (Å²) in [5, 5.41) is 9.83. The van der Waals surface area contributed by atoms with Gasteiger partial charge in [-0.25, -0.2) is 0 Å². The molecule has 0 amide bonds. The normalized spacial score (nSPS) is 34.4. The summed E-state index contributed by atoms with van der Waals surface area (Å²) >= 11 is 1.90. The van der Waals surface area contributed by atoms with E-state index in [9.17, 15) is 5.11 Å². The molecule has 0 unspecified atom stereocenters. The van der Waals surface area contributed by atoms with Gasteiger partial charge in [-0.05, 0) is 5.56 Å². The monoisotopic (exact) mass is 248 g/mol. The first-order valence-corrected chi connectivity index (χ1v) is 7.03. The molecule has 0 saturated carbocycles. The van der Waals surface area contributed by atoms with Crippen LogP contribution in [-0.2, 0) is 10.5 Å². The largest absolute Gasteiger partial charge is 0.396 e. The Morgan fingerprint density at radius 3 is 2.65 bits per heavy atom. The topological polar surface area (TPSA) is 29.5 Å². The zero-order chi connectivity index (χ0) is 11.7. The van der Waals surface area contributed by atoms with Gasteiger partial charge in [0.05, 0.1) is 12.2 Å². The second-order valence-corrected chi connectivity index (χ2v) is 5.72. The maximum Gasteiger partial charge on any atom is 0.0888 e. The first-order valence-electron chi connectivity index (χ1n) is 5.98. The number of hydrogen-bond donors (Lipinski definition) is 1. The van der Waals surface area contributed by atoms with Crippen LogP contribution in [0.2, 0.25) is 0 Å². The average molecular weight is 248 g/mol. The van der Waals surface area contributed by atoms with Gasteiger partial charge in [0.2, 0.25) is 0 Å². The predicted molar refractivity (Wildman–Crippen MR) is 69.9 cm³/mol. The van der Waals surface area contributed by atoms with Crippen LogP contribution in [0.4, 0.5) is 0 Å². The first-order chi connectivity index (χ1) is 8.38. The summed E-state index contributed by atoms with van der Waals surface area (Å²) in [4.78, 5) is 0. The molecule has 2 bridgehead atoms. The van der Waals surface area contributed by atoms with E-state index in [-0.39, 0.29) is 24.7 Å². The van der Waals surface area contributed by atoms with Gasteiger partial charge in [-0.3, -0.25) is 0 Å². The van der Waals surface area contributed by atoms with E-state index in [2.05, 4.69) is 36.4 Å². The lowest BCUT2D eigenvalue weighted by atomic mass is 9.95. The molecule has 1 N–H and O–H groups in total. The van der Waals surface area contributed by atoms with E-state index in [0.29, 0.717) is 5.25 Å². The molecule has 1 aromatic rings. The number of thioether (sulfide) groups is 1. The van der Waals surface area contributed by atoms with Crippen LogP contribution in [0.1, 0.15) is 5.56 Å². The molecular weight excluding hydrogens is 232 g/mol. The number of ether oxygens (including phenoxy) is 1. The van der Waals surface area contributed by atoms with E-state index in [1.807, 2.05) is 17.8 Å². The van der Waals surface area contributed by atoms with Crippen LogP contribution in [0.25, 0.3) is 0 Å². The van der Waals surface area contributed by atoms with Gasteiger partial charge in [0.1, 0.15) is 0 Å². The Labute approximate surface area is 106 Å². The van der Waals surface area contributed by atoms with Crippen molar-refractivity contribution in [3.63, 3.8) is 0 Å². The Kier molecular flexibility index (Phi) is 3.23. The van der Waals surface area contributed by atoms with Crippen molar-refractivity contribution in [2.24, 2.45) is 5.92 Å². The van der Waals surface area contributed by atoms with Crippen molar-refractivity contribution in [3.05, 3.63) is 48.0 Å². The molecule has 3 heteroatoms. The molecule has 2 aliphatic rings. The quantitative estimate of drug-likeness (QED) is 0.829. The fraction of sp³-hybridized carbons (Fsp3) is 0.429. The van der Waals surface area contributed by atoms with Crippen LogP contribution in [-0.4, -0.2) is 29.2 Å². The summed E-state index contributed by atoms with van der Waals surface area (Å²) in [5.41, 5.74) is 1.33. The third kappa shape index (κ3) is 2.15. The van der Waals surface area contributed by atoms with Gasteiger partial charge in [-0.15, -0.1) is 0 Å². The van der Waals surface area contributed by atoms with E-state index in [1.165, 1.54) is 5.56 Å². The number of aliphatic hydroxyl groups excluding tert-OH is 1. The molecule has 0 spiro atoms. The summed E-state index contributed by atoms with van der Waals surface area (Å²) in [7, 11) is 0. The van der Waals surface area contributed by atoms with Gasteiger partial charge < -0.3 is 9.84 Å². The zero-order valence-electron chi connectivity index (χ0n) is 9.53. The summed E-state index contributed by atoms with van der Waals surface area (Å²) < 4.78 is 5.78. The summed E-state index contributed by atoms with van der Waals surface area (Å²) in [6.07, 6.45) is 4.56. The molecule has 0 radical (unpaired) electrons. The molecular formula is C14H16O2S. The van der Waals surface area contributed by atoms with Crippen LogP contribution >= 0.6 is 11.8 Å². The van der Waals surface area contributed by atoms with Crippen molar-refractivity contribution in [1.82, 2.24) is 0 Å². The van der Waals surface area contributed by atoms with E-state index >= 15 is 0 Å². The molecule has 17 heavy (non-hydrogen) atoms. The van der Waals surface area contributed by atoms with Crippen LogP contribution in [0.5, 0.6) is 0 Å². The highest BCUT2D eigenvalue weighted by Gasteiger charge is 2.45. The van der Waals surface area contributed by atoms with Crippen LogP contribution in [0, 0.1) is 5.92 Å². The molecule has 2 aliphatic heterocycles. The second kappa shape index (κ2) is 4.84. The molecule has 2 heterocycles. The highest BCUT2D eigenvalue weighted by Crippen LogP contribution is 2.41. The minimum absolute atomic E-state index is 0.137. The maximum atomic E-state index is 9.43. The molecule has 2 nitrogen and oxygen atoms in total. The van der Waals surface area contributed by atoms with Gasteiger partial charge >= 0.3 is 0 Å². The molecule has 1 fully saturated rings. The Balaban J connectivity index is 1.64. The Bertz CT molecular complexity index is 404. The van der Waals surface area contributed by atoms with Crippen LogP contribution in [0.3, 0.4) is 0 Å². The van der Waals surface area contributed by atoms with Gasteiger partial charge in [0.15, 0.2) is 0 Å². The third-order valence-corrected chi connectivity index (χ3v) is 4.97. The number of hydrogen-bond acceptors (Lipinski definition) is 3. The van der Waals surface area contributed by atoms with Crippen molar-refractivity contribution >= 4 is 11.8 Å². The standard InChI is InChI=1S/C14H16O2S/c15-8-11-12-6-7-13(16-12)14(11)17-9-10-4-2-1-3-5-10/h1-7,11-15H,8-9H2/t11-,12+,13-,14-/m0/s1. The van der Waals surface area contributed by atoms with Crippen molar-refractivity contribution in [1.29, 1.82) is 0 Å². The van der Waals surface area contributed by atoms with Crippen molar-refractivity contribution < 1.29 is 9.84 Å². The lowest BCUT2D eigenvalue weighted by molar-refractivity contribution is 0.0950. The Morgan fingerprint density at radius 1 is 1.12 bits per heavy atom. The molecule has 1 saturated heterocycles. The molecule has 90 valence electrons.